The first-order chi connectivity index (χ1) is 14.7. The van der Waals surface area contributed by atoms with E-state index in [1.807, 2.05) is 6.92 Å². The number of hydrogen-bond acceptors (Lipinski definition) is 6. The van der Waals surface area contributed by atoms with Crippen molar-refractivity contribution in [3.63, 3.8) is 0 Å². The number of aryl methyl sites for hydroxylation is 2. The predicted octanol–water partition coefficient (Wildman–Crippen LogP) is 2.54. The van der Waals surface area contributed by atoms with E-state index in [2.05, 4.69) is 10.3 Å². The number of sulfonamides is 1. The van der Waals surface area contributed by atoms with Crippen LogP contribution in [0.5, 0.6) is 0 Å². The fourth-order valence-corrected chi connectivity index (χ4v) is 6.58. The SMILES string of the molecule is Cc1cc(S(=O)(=O)N2CCN(C(=O)c3nnn(-c4ccc(F)cc4)c3C)CC2)c(C)s1. The molecule has 1 saturated heterocycles. The average Bonchev–Trinajstić information content (AvgIpc) is 3.30. The van der Waals surface area contributed by atoms with Crippen LogP contribution >= 0.6 is 11.3 Å². The van der Waals surface area contributed by atoms with Crippen LogP contribution in [0.2, 0.25) is 0 Å². The van der Waals surface area contributed by atoms with Crippen LogP contribution in [0.3, 0.4) is 0 Å². The molecule has 164 valence electrons. The highest BCUT2D eigenvalue weighted by atomic mass is 32.2. The second-order valence-corrected chi connectivity index (χ2v) is 10.8. The first kappa shape index (κ1) is 21.6. The maximum Gasteiger partial charge on any atom is 0.276 e. The van der Waals surface area contributed by atoms with Crippen LogP contribution in [0.1, 0.15) is 25.9 Å². The van der Waals surface area contributed by atoms with Gasteiger partial charge in [0.1, 0.15) is 5.82 Å². The summed E-state index contributed by atoms with van der Waals surface area (Å²) in [5, 5.41) is 8.05. The lowest BCUT2D eigenvalue weighted by molar-refractivity contribution is 0.0691. The van der Waals surface area contributed by atoms with Gasteiger partial charge in [-0.25, -0.2) is 17.5 Å². The Bertz CT molecular complexity index is 1230. The van der Waals surface area contributed by atoms with Crippen molar-refractivity contribution in [2.24, 2.45) is 0 Å². The summed E-state index contributed by atoms with van der Waals surface area (Å²) >= 11 is 1.46. The van der Waals surface area contributed by atoms with Gasteiger partial charge in [-0.3, -0.25) is 4.79 Å². The molecule has 0 atom stereocenters. The van der Waals surface area contributed by atoms with Gasteiger partial charge < -0.3 is 4.90 Å². The molecule has 1 fully saturated rings. The van der Waals surface area contributed by atoms with Crippen molar-refractivity contribution in [3.8, 4) is 5.69 Å². The molecule has 2 aromatic heterocycles. The number of carbonyl (C=O) groups excluding carboxylic acids is 1. The summed E-state index contributed by atoms with van der Waals surface area (Å²) in [6.45, 7) is 6.37. The van der Waals surface area contributed by atoms with E-state index in [0.29, 0.717) is 16.3 Å². The minimum absolute atomic E-state index is 0.199. The molecule has 0 aliphatic carbocycles. The topological polar surface area (TPSA) is 88.4 Å². The van der Waals surface area contributed by atoms with Crippen LogP contribution < -0.4 is 0 Å². The molecule has 0 N–H and O–H groups in total. The molecule has 0 radical (unpaired) electrons. The number of amides is 1. The van der Waals surface area contributed by atoms with Crippen LogP contribution in [0.25, 0.3) is 5.69 Å². The van der Waals surface area contributed by atoms with Crippen LogP contribution in [0.15, 0.2) is 35.2 Å². The molecular formula is C20H22FN5O3S2. The minimum Gasteiger partial charge on any atom is -0.335 e. The van der Waals surface area contributed by atoms with Crippen molar-refractivity contribution < 1.29 is 17.6 Å². The molecular weight excluding hydrogens is 441 g/mol. The third kappa shape index (κ3) is 4.00. The van der Waals surface area contributed by atoms with Gasteiger partial charge in [-0.05, 0) is 51.1 Å². The number of benzene rings is 1. The fraction of sp³-hybridized carbons (Fsp3) is 0.350. The van der Waals surface area contributed by atoms with E-state index in [1.165, 1.54) is 32.5 Å². The molecule has 8 nitrogen and oxygen atoms in total. The van der Waals surface area contributed by atoms with Crippen LogP contribution in [-0.2, 0) is 10.0 Å². The van der Waals surface area contributed by atoms with E-state index in [0.717, 1.165) is 9.75 Å². The minimum atomic E-state index is -3.59. The molecule has 1 aliphatic rings. The van der Waals surface area contributed by atoms with Crippen LogP contribution in [0.4, 0.5) is 4.39 Å². The molecule has 3 heterocycles. The maximum atomic E-state index is 13.2. The standard InChI is InChI=1S/C20H22FN5O3S2/c1-13-12-18(15(3)30-13)31(28,29)25-10-8-24(9-11-25)20(27)19-14(2)26(23-22-19)17-6-4-16(21)5-7-17/h4-7,12H,8-11H2,1-3H3. The zero-order valence-corrected chi connectivity index (χ0v) is 19.0. The largest absolute Gasteiger partial charge is 0.335 e. The van der Waals surface area contributed by atoms with E-state index >= 15 is 0 Å². The highest BCUT2D eigenvalue weighted by Gasteiger charge is 2.33. The summed E-state index contributed by atoms with van der Waals surface area (Å²) < 4.78 is 42.0. The summed E-state index contributed by atoms with van der Waals surface area (Å²) in [7, 11) is -3.59. The van der Waals surface area contributed by atoms with E-state index in [1.54, 1.807) is 36.9 Å². The summed E-state index contributed by atoms with van der Waals surface area (Å²) in [4.78, 5) is 16.6. The van der Waals surface area contributed by atoms with E-state index < -0.39 is 10.0 Å². The predicted molar refractivity (Wildman–Crippen MR) is 115 cm³/mol. The van der Waals surface area contributed by atoms with Gasteiger partial charge >= 0.3 is 0 Å². The highest BCUT2D eigenvalue weighted by Crippen LogP contribution is 2.28. The Kier molecular flexibility index (Phi) is 5.67. The summed E-state index contributed by atoms with van der Waals surface area (Å²) in [5.41, 5.74) is 1.34. The summed E-state index contributed by atoms with van der Waals surface area (Å²) in [6, 6.07) is 7.44. The van der Waals surface area contributed by atoms with Gasteiger partial charge in [-0.1, -0.05) is 5.21 Å². The first-order valence-corrected chi connectivity index (χ1v) is 12.0. The van der Waals surface area contributed by atoms with Crippen molar-refractivity contribution in [1.29, 1.82) is 0 Å². The monoisotopic (exact) mass is 463 g/mol. The number of thiophene rings is 1. The van der Waals surface area contributed by atoms with Gasteiger partial charge in [0.15, 0.2) is 5.69 Å². The Morgan fingerprint density at radius 3 is 2.29 bits per heavy atom. The highest BCUT2D eigenvalue weighted by molar-refractivity contribution is 7.89. The molecule has 1 aromatic carbocycles. The molecule has 0 unspecified atom stereocenters. The van der Waals surface area contributed by atoms with Crippen LogP contribution in [-0.4, -0.2) is 64.7 Å². The Morgan fingerprint density at radius 1 is 1.06 bits per heavy atom. The Hall–Kier alpha value is -2.63. The van der Waals surface area contributed by atoms with Crippen molar-refractivity contribution in [2.45, 2.75) is 25.7 Å². The third-order valence-electron chi connectivity index (χ3n) is 5.31. The number of aromatic nitrogens is 3. The zero-order valence-electron chi connectivity index (χ0n) is 17.4. The molecule has 31 heavy (non-hydrogen) atoms. The van der Waals surface area contributed by atoms with Crippen molar-refractivity contribution in [2.75, 3.05) is 26.2 Å². The summed E-state index contributed by atoms with van der Waals surface area (Å²) in [5.74, 6) is -0.663. The molecule has 4 rings (SSSR count). The van der Waals surface area contributed by atoms with Crippen LogP contribution in [0, 0.1) is 26.6 Å². The Labute approximate surface area is 184 Å². The number of halogens is 1. The fourth-order valence-electron chi connectivity index (χ4n) is 3.64. The van der Waals surface area contributed by atoms with E-state index in [4.69, 9.17) is 0 Å². The maximum absolute atomic E-state index is 13.2. The number of nitrogens with zero attached hydrogens (tertiary/aromatic N) is 5. The van der Waals surface area contributed by atoms with Crippen molar-refractivity contribution in [3.05, 3.63) is 57.3 Å². The van der Waals surface area contributed by atoms with Gasteiger partial charge in [-0.15, -0.1) is 16.4 Å². The number of carbonyl (C=O) groups is 1. The first-order valence-electron chi connectivity index (χ1n) is 9.73. The second-order valence-electron chi connectivity index (χ2n) is 7.39. The smallest absolute Gasteiger partial charge is 0.276 e. The number of piperazine rings is 1. The van der Waals surface area contributed by atoms with Gasteiger partial charge in [0.05, 0.1) is 16.3 Å². The molecule has 0 saturated carbocycles. The Morgan fingerprint density at radius 2 is 1.71 bits per heavy atom. The van der Waals surface area contributed by atoms with Gasteiger partial charge in [0, 0.05) is 35.9 Å². The lowest BCUT2D eigenvalue weighted by Gasteiger charge is -2.33. The normalized spacial score (nSPS) is 15.4. The molecule has 0 spiro atoms. The zero-order chi connectivity index (χ0) is 22.3. The molecule has 1 aliphatic heterocycles. The lowest BCUT2D eigenvalue weighted by Crippen LogP contribution is -2.50. The average molecular weight is 464 g/mol. The number of hydrogen-bond donors (Lipinski definition) is 0. The molecule has 3 aromatic rings. The molecule has 11 heteroatoms. The van der Waals surface area contributed by atoms with E-state index in [-0.39, 0.29) is 43.6 Å². The van der Waals surface area contributed by atoms with Crippen molar-refractivity contribution >= 4 is 27.3 Å². The summed E-state index contributed by atoms with van der Waals surface area (Å²) in [6.07, 6.45) is 0. The molecule has 0 bridgehead atoms. The van der Waals surface area contributed by atoms with Gasteiger partial charge in [0.25, 0.3) is 5.91 Å². The number of rotatable bonds is 4. The molecule has 1 amide bonds. The van der Waals surface area contributed by atoms with Gasteiger partial charge in [-0.2, -0.15) is 4.31 Å². The Balaban J connectivity index is 1.48. The third-order valence-corrected chi connectivity index (χ3v) is 8.43. The van der Waals surface area contributed by atoms with Gasteiger partial charge in [0.2, 0.25) is 10.0 Å². The quantitative estimate of drug-likeness (QED) is 0.593. The second kappa shape index (κ2) is 8.13. The lowest BCUT2D eigenvalue weighted by atomic mass is 10.2. The van der Waals surface area contributed by atoms with Crippen molar-refractivity contribution in [1.82, 2.24) is 24.2 Å². The van der Waals surface area contributed by atoms with E-state index in [9.17, 15) is 17.6 Å².